The van der Waals surface area contributed by atoms with E-state index in [0.29, 0.717) is 38.3 Å². The standard InChI is InChI=1S/C17H24F3NO3/c1-16(2,13-6-4-7-14(12-13)17(18,19)20)15(22)21-8-5-9-24-11-10-23-3/h4,6-7,12H,5,8-11H2,1-3H3,(H,21,22). The lowest BCUT2D eigenvalue weighted by atomic mass is 9.83. The molecule has 1 aromatic rings. The van der Waals surface area contributed by atoms with Gasteiger partial charge in [-0.2, -0.15) is 13.2 Å². The molecule has 1 amide bonds. The fourth-order valence-electron chi connectivity index (χ4n) is 2.06. The maximum absolute atomic E-state index is 12.8. The maximum atomic E-state index is 12.8. The minimum Gasteiger partial charge on any atom is -0.382 e. The van der Waals surface area contributed by atoms with Crippen molar-refractivity contribution in [3.63, 3.8) is 0 Å². The third-order valence-electron chi connectivity index (χ3n) is 3.66. The molecule has 0 radical (unpaired) electrons. The maximum Gasteiger partial charge on any atom is 0.416 e. The molecule has 0 atom stereocenters. The highest BCUT2D eigenvalue weighted by atomic mass is 19.4. The second-order valence-corrected chi connectivity index (χ2v) is 5.92. The predicted octanol–water partition coefficient (Wildman–Crippen LogP) is 3.15. The molecule has 7 heteroatoms. The number of hydrogen-bond acceptors (Lipinski definition) is 3. The molecule has 0 aliphatic heterocycles. The quantitative estimate of drug-likeness (QED) is 0.698. The van der Waals surface area contributed by atoms with Crippen molar-refractivity contribution in [2.24, 2.45) is 0 Å². The Balaban J connectivity index is 2.56. The molecule has 0 saturated carbocycles. The van der Waals surface area contributed by atoms with Crippen LogP contribution in [0.5, 0.6) is 0 Å². The smallest absolute Gasteiger partial charge is 0.382 e. The zero-order valence-corrected chi connectivity index (χ0v) is 14.2. The SMILES string of the molecule is COCCOCCCNC(=O)C(C)(C)c1cccc(C(F)(F)F)c1. The first-order chi connectivity index (χ1) is 11.2. The molecule has 0 heterocycles. The van der Waals surface area contributed by atoms with Gasteiger partial charge in [0.2, 0.25) is 5.91 Å². The number of hydrogen-bond donors (Lipinski definition) is 1. The van der Waals surface area contributed by atoms with E-state index in [4.69, 9.17) is 9.47 Å². The van der Waals surface area contributed by atoms with Gasteiger partial charge in [-0.25, -0.2) is 0 Å². The van der Waals surface area contributed by atoms with Crippen LogP contribution < -0.4 is 5.32 Å². The summed E-state index contributed by atoms with van der Waals surface area (Å²) >= 11 is 0. The Morgan fingerprint density at radius 3 is 2.42 bits per heavy atom. The van der Waals surface area contributed by atoms with Gasteiger partial charge in [-0.15, -0.1) is 0 Å². The fraction of sp³-hybridized carbons (Fsp3) is 0.588. The number of methoxy groups -OCH3 is 1. The molecule has 0 fully saturated rings. The topological polar surface area (TPSA) is 47.6 Å². The lowest BCUT2D eigenvalue weighted by molar-refractivity contribution is -0.138. The Labute approximate surface area is 140 Å². The van der Waals surface area contributed by atoms with E-state index in [2.05, 4.69) is 5.32 Å². The molecule has 24 heavy (non-hydrogen) atoms. The van der Waals surface area contributed by atoms with Gasteiger partial charge in [0.1, 0.15) is 0 Å². The zero-order valence-electron chi connectivity index (χ0n) is 14.2. The third kappa shape index (κ3) is 6.13. The molecule has 136 valence electrons. The van der Waals surface area contributed by atoms with E-state index in [-0.39, 0.29) is 5.91 Å². The minimum absolute atomic E-state index is 0.321. The lowest BCUT2D eigenvalue weighted by Gasteiger charge is -2.25. The van der Waals surface area contributed by atoms with Crippen molar-refractivity contribution in [1.82, 2.24) is 5.32 Å². The molecule has 0 saturated heterocycles. The summed E-state index contributed by atoms with van der Waals surface area (Å²) in [5.41, 5.74) is -1.49. The highest BCUT2D eigenvalue weighted by Crippen LogP contribution is 2.32. The number of rotatable bonds is 9. The van der Waals surface area contributed by atoms with Crippen LogP contribution in [0.1, 0.15) is 31.4 Å². The monoisotopic (exact) mass is 347 g/mol. The van der Waals surface area contributed by atoms with Gasteiger partial charge >= 0.3 is 6.18 Å². The highest BCUT2D eigenvalue weighted by molar-refractivity contribution is 5.87. The van der Waals surface area contributed by atoms with Gasteiger partial charge in [-0.1, -0.05) is 18.2 Å². The molecule has 1 rings (SSSR count). The van der Waals surface area contributed by atoms with Crippen molar-refractivity contribution in [1.29, 1.82) is 0 Å². The highest BCUT2D eigenvalue weighted by Gasteiger charge is 2.34. The number of carbonyl (C=O) groups excluding carboxylic acids is 1. The van der Waals surface area contributed by atoms with Crippen LogP contribution in [0.4, 0.5) is 13.2 Å². The largest absolute Gasteiger partial charge is 0.416 e. The molecular formula is C17H24F3NO3. The van der Waals surface area contributed by atoms with E-state index in [1.165, 1.54) is 12.1 Å². The van der Waals surface area contributed by atoms with E-state index >= 15 is 0 Å². The van der Waals surface area contributed by atoms with E-state index in [9.17, 15) is 18.0 Å². The Kier molecular flexibility index (Phi) is 7.69. The molecule has 0 aromatic heterocycles. The summed E-state index contributed by atoms with van der Waals surface area (Å²) in [4.78, 5) is 12.3. The van der Waals surface area contributed by atoms with Crippen LogP contribution >= 0.6 is 0 Å². The van der Waals surface area contributed by atoms with E-state index in [1.54, 1.807) is 21.0 Å². The minimum atomic E-state index is -4.43. The molecular weight excluding hydrogens is 323 g/mol. The third-order valence-corrected chi connectivity index (χ3v) is 3.66. The van der Waals surface area contributed by atoms with Crippen molar-refractivity contribution in [2.45, 2.75) is 31.9 Å². The van der Waals surface area contributed by atoms with Crippen LogP contribution in [0.2, 0.25) is 0 Å². The number of nitrogens with one attached hydrogen (secondary N) is 1. The van der Waals surface area contributed by atoms with E-state index in [1.807, 2.05) is 0 Å². The summed E-state index contributed by atoms with van der Waals surface area (Å²) in [6.45, 7) is 5.08. The summed E-state index contributed by atoms with van der Waals surface area (Å²) in [5.74, 6) is -0.321. The summed E-state index contributed by atoms with van der Waals surface area (Å²) in [6, 6.07) is 4.86. The van der Waals surface area contributed by atoms with Crippen LogP contribution in [-0.2, 0) is 25.9 Å². The Bertz CT molecular complexity index is 530. The van der Waals surface area contributed by atoms with Gasteiger partial charge in [-0.3, -0.25) is 4.79 Å². The molecule has 0 aliphatic carbocycles. The summed E-state index contributed by atoms with van der Waals surface area (Å²) in [5, 5.41) is 2.74. The Morgan fingerprint density at radius 2 is 1.79 bits per heavy atom. The van der Waals surface area contributed by atoms with E-state index < -0.39 is 17.2 Å². The average molecular weight is 347 g/mol. The van der Waals surface area contributed by atoms with Gasteiger partial charge in [0.15, 0.2) is 0 Å². The normalized spacial score (nSPS) is 12.2. The molecule has 1 N–H and O–H groups in total. The summed E-state index contributed by atoms with van der Waals surface area (Å²) in [6.07, 6.45) is -3.81. The van der Waals surface area contributed by atoms with Gasteiger partial charge in [-0.05, 0) is 31.9 Å². The molecule has 4 nitrogen and oxygen atoms in total. The second kappa shape index (κ2) is 9.03. The molecule has 1 aromatic carbocycles. The van der Waals surface area contributed by atoms with Gasteiger partial charge in [0.25, 0.3) is 0 Å². The molecule has 0 unspecified atom stereocenters. The number of ether oxygens (including phenoxy) is 2. The van der Waals surface area contributed by atoms with E-state index in [0.717, 1.165) is 12.1 Å². The average Bonchev–Trinajstić information content (AvgIpc) is 2.53. The number of amides is 1. The zero-order chi connectivity index (χ0) is 18.2. The van der Waals surface area contributed by atoms with Crippen molar-refractivity contribution in [3.05, 3.63) is 35.4 Å². The van der Waals surface area contributed by atoms with Gasteiger partial charge in [0.05, 0.1) is 24.2 Å². The van der Waals surface area contributed by atoms with Crippen LogP contribution in [0.15, 0.2) is 24.3 Å². The summed E-state index contributed by atoms with van der Waals surface area (Å²) in [7, 11) is 1.58. The van der Waals surface area contributed by atoms with Crippen LogP contribution in [-0.4, -0.2) is 39.4 Å². The lowest BCUT2D eigenvalue weighted by Crippen LogP contribution is -2.40. The first kappa shape index (κ1) is 20.4. The van der Waals surface area contributed by atoms with Crippen molar-refractivity contribution in [2.75, 3.05) is 33.5 Å². The van der Waals surface area contributed by atoms with Crippen LogP contribution in [0, 0.1) is 0 Å². The van der Waals surface area contributed by atoms with Crippen LogP contribution in [0.25, 0.3) is 0 Å². The van der Waals surface area contributed by atoms with Crippen molar-refractivity contribution >= 4 is 5.91 Å². The van der Waals surface area contributed by atoms with Gasteiger partial charge in [0, 0.05) is 20.3 Å². The fourth-order valence-corrected chi connectivity index (χ4v) is 2.06. The first-order valence-electron chi connectivity index (χ1n) is 7.72. The van der Waals surface area contributed by atoms with Crippen molar-refractivity contribution in [3.8, 4) is 0 Å². The number of halogens is 3. The first-order valence-corrected chi connectivity index (χ1v) is 7.72. The van der Waals surface area contributed by atoms with Crippen molar-refractivity contribution < 1.29 is 27.4 Å². The Hall–Kier alpha value is -1.60. The Morgan fingerprint density at radius 1 is 1.12 bits per heavy atom. The predicted molar refractivity (Wildman–Crippen MR) is 84.8 cm³/mol. The molecule has 0 aliphatic rings. The summed E-state index contributed by atoms with van der Waals surface area (Å²) < 4.78 is 48.5. The number of alkyl halides is 3. The van der Waals surface area contributed by atoms with Crippen LogP contribution in [0.3, 0.4) is 0 Å². The number of benzene rings is 1. The second-order valence-electron chi connectivity index (χ2n) is 5.92. The molecule has 0 spiro atoms. The van der Waals surface area contributed by atoms with Gasteiger partial charge < -0.3 is 14.8 Å². The molecule has 0 bridgehead atoms. The number of carbonyl (C=O) groups is 1.